The number of aliphatic carboxylic acids is 1. The summed E-state index contributed by atoms with van der Waals surface area (Å²) in [6.45, 7) is -0.301. The van der Waals surface area contributed by atoms with Crippen LogP contribution in [0, 0.1) is 28.5 Å². The molecule has 3 aliphatic carbocycles. The lowest BCUT2D eigenvalue weighted by Crippen LogP contribution is -2.62. The molecule has 0 spiro atoms. The average Bonchev–Trinajstić information content (AvgIpc) is 2.63. The molecule has 1 unspecified atom stereocenters. The van der Waals surface area contributed by atoms with E-state index in [4.69, 9.17) is 16.3 Å². The first-order valence-electron chi connectivity index (χ1n) is 8.32. The van der Waals surface area contributed by atoms with E-state index < -0.39 is 28.7 Å². The minimum Gasteiger partial charge on any atom is -0.484 e. The molecule has 0 heterocycles. The largest absolute Gasteiger partial charge is 0.484 e. The van der Waals surface area contributed by atoms with Gasteiger partial charge in [0.05, 0.1) is 22.4 Å². The Kier molecular flexibility index (Phi) is 4.80. The van der Waals surface area contributed by atoms with Gasteiger partial charge in [-0.3, -0.25) is 9.59 Å². The summed E-state index contributed by atoms with van der Waals surface area (Å²) >= 11 is 5.60. The predicted molar refractivity (Wildman–Crippen MR) is 90.0 cm³/mol. The van der Waals surface area contributed by atoms with E-state index in [2.05, 4.69) is 11.4 Å². The maximum absolute atomic E-state index is 13.4. The maximum atomic E-state index is 13.4. The van der Waals surface area contributed by atoms with Crippen molar-refractivity contribution < 1.29 is 23.8 Å². The third kappa shape index (κ3) is 3.21. The molecule has 3 fully saturated rings. The number of carboxylic acid groups (broad SMARTS) is 1. The van der Waals surface area contributed by atoms with Crippen molar-refractivity contribution in [1.29, 1.82) is 5.26 Å². The van der Waals surface area contributed by atoms with Crippen LogP contribution in [0.3, 0.4) is 0 Å². The topological polar surface area (TPSA) is 99.4 Å². The lowest BCUT2D eigenvalue weighted by molar-refractivity contribution is -0.161. The number of amides is 1. The van der Waals surface area contributed by atoms with Crippen LogP contribution in [-0.2, 0) is 9.59 Å². The number of rotatable bonds is 5. The fourth-order valence-corrected chi connectivity index (χ4v) is 4.19. The number of nitrogens with zero attached hydrogens (tertiary/aromatic N) is 1. The molecule has 1 amide bonds. The summed E-state index contributed by atoms with van der Waals surface area (Å²) < 4.78 is 18.7. The molecule has 0 aliphatic heterocycles. The first-order chi connectivity index (χ1) is 12.3. The molecule has 0 aromatic heterocycles. The number of fused-ring (bicyclic) bond motifs is 3. The van der Waals surface area contributed by atoms with E-state index in [9.17, 15) is 24.3 Å². The Morgan fingerprint density at radius 3 is 2.65 bits per heavy atom. The highest BCUT2D eigenvalue weighted by Gasteiger charge is 2.59. The molecule has 1 aromatic rings. The van der Waals surface area contributed by atoms with Crippen molar-refractivity contribution in [2.45, 2.75) is 37.6 Å². The van der Waals surface area contributed by atoms with Crippen molar-refractivity contribution in [3.8, 4) is 11.8 Å². The minimum absolute atomic E-state index is 0.0328. The zero-order chi connectivity index (χ0) is 18.9. The smallest absolute Gasteiger partial charge is 0.310 e. The van der Waals surface area contributed by atoms with Gasteiger partial charge in [-0.2, -0.15) is 5.26 Å². The molecule has 0 saturated heterocycles. The minimum atomic E-state index is -1.00. The van der Waals surface area contributed by atoms with Gasteiger partial charge in [0.1, 0.15) is 11.6 Å². The molecular formula is C18H18ClFN2O4. The normalized spacial score (nSPS) is 29.7. The Hall–Kier alpha value is -2.33. The van der Waals surface area contributed by atoms with Gasteiger partial charge in [-0.25, -0.2) is 4.39 Å². The van der Waals surface area contributed by atoms with Gasteiger partial charge in [0.25, 0.3) is 5.91 Å². The molecule has 6 nitrogen and oxygen atoms in total. The molecule has 1 aromatic carbocycles. The summed E-state index contributed by atoms with van der Waals surface area (Å²) in [5.41, 5.74) is -1.58. The Labute approximate surface area is 154 Å². The summed E-state index contributed by atoms with van der Waals surface area (Å²) in [5.74, 6) is -2.40. The molecule has 8 heteroatoms. The third-order valence-electron chi connectivity index (χ3n) is 5.61. The van der Waals surface area contributed by atoms with E-state index in [1.807, 2.05) is 0 Å². The Morgan fingerprint density at radius 2 is 2.08 bits per heavy atom. The number of nitriles is 1. The lowest BCUT2D eigenvalue weighted by Gasteiger charge is -2.53. The van der Waals surface area contributed by atoms with Gasteiger partial charge in [-0.15, -0.1) is 0 Å². The predicted octanol–water partition coefficient (Wildman–Crippen LogP) is 2.90. The second kappa shape index (κ2) is 6.76. The van der Waals surface area contributed by atoms with Crippen LogP contribution in [0.1, 0.15) is 32.1 Å². The van der Waals surface area contributed by atoms with Gasteiger partial charge < -0.3 is 15.2 Å². The van der Waals surface area contributed by atoms with Crippen LogP contribution >= 0.6 is 11.6 Å². The van der Waals surface area contributed by atoms with Crippen molar-refractivity contribution in [1.82, 2.24) is 5.32 Å². The molecule has 4 rings (SSSR count). The Bertz CT molecular complexity index is 784. The first kappa shape index (κ1) is 18.5. The van der Waals surface area contributed by atoms with Gasteiger partial charge >= 0.3 is 5.97 Å². The van der Waals surface area contributed by atoms with Crippen molar-refractivity contribution in [3.05, 3.63) is 29.0 Å². The fraction of sp³-hybridized carbons (Fsp3) is 0.500. The summed E-state index contributed by atoms with van der Waals surface area (Å²) in [6, 6.07) is 6.01. The van der Waals surface area contributed by atoms with Gasteiger partial charge in [-0.1, -0.05) is 11.6 Å². The van der Waals surface area contributed by atoms with Crippen LogP contribution in [0.25, 0.3) is 0 Å². The standard InChI is InChI=1S/C18H18ClFN2O4/c19-13-2-1-12(7-14(13)20)26-10-15(23)22-17-3-5-18(6-4-17,16(24)25)11(8-17)9-21/h1-2,7,11H,3-6,8,10H2,(H,22,23)(H,24,25). The molecule has 0 radical (unpaired) electrons. The van der Waals surface area contributed by atoms with Crippen molar-refractivity contribution in [3.63, 3.8) is 0 Å². The second-order valence-corrected chi connectivity index (χ2v) is 7.45. The molecule has 3 aliphatic rings. The van der Waals surface area contributed by atoms with Crippen molar-refractivity contribution in [2.24, 2.45) is 11.3 Å². The highest BCUT2D eigenvalue weighted by molar-refractivity contribution is 6.30. The first-order valence-corrected chi connectivity index (χ1v) is 8.70. The Balaban J connectivity index is 1.62. The summed E-state index contributed by atoms with van der Waals surface area (Å²) in [5, 5.41) is 21.8. The van der Waals surface area contributed by atoms with E-state index >= 15 is 0 Å². The zero-order valence-electron chi connectivity index (χ0n) is 13.9. The van der Waals surface area contributed by atoms with Gasteiger partial charge in [0, 0.05) is 11.6 Å². The number of nitrogens with one attached hydrogen (secondary N) is 1. The molecule has 26 heavy (non-hydrogen) atoms. The lowest BCUT2D eigenvalue weighted by atomic mass is 9.52. The van der Waals surface area contributed by atoms with Gasteiger partial charge in [0.2, 0.25) is 0 Å². The van der Waals surface area contributed by atoms with E-state index in [1.165, 1.54) is 12.1 Å². The van der Waals surface area contributed by atoms with E-state index in [0.29, 0.717) is 32.1 Å². The highest BCUT2D eigenvalue weighted by atomic mass is 35.5. The third-order valence-corrected chi connectivity index (χ3v) is 5.92. The molecular weight excluding hydrogens is 363 g/mol. The van der Waals surface area contributed by atoms with Gasteiger partial charge in [0.15, 0.2) is 6.61 Å². The van der Waals surface area contributed by atoms with Crippen LogP contribution in [0.4, 0.5) is 4.39 Å². The quantitative estimate of drug-likeness (QED) is 0.818. The number of benzene rings is 1. The molecule has 2 bridgehead atoms. The maximum Gasteiger partial charge on any atom is 0.310 e. The van der Waals surface area contributed by atoms with Crippen molar-refractivity contribution in [2.75, 3.05) is 6.61 Å². The van der Waals surface area contributed by atoms with Gasteiger partial charge in [-0.05, 0) is 44.2 Å². The van der Waals surface area contributed by atoms with Crippen LogP contribution < -0.4 is 10.1 Å². The van der Waals surface area contributed by atoms with Crippen LogP contribution in [0.5, 0.6) is 5.75 Å². The monoisotopic (exact) mass is 380 g/mol. The number of halogens is 2. The van der Waals surface area contributed by atoms with Crippen LogP contribution in [-0.4, -0.2) is 29.1 Å². The number of carbonyl (C=O) groups is 2. The highest BCUT2D eigenvalue weighted by Crippen LogP contribution is 2.55. The van der Waals surface area contributed by atoms with E-state index in [-0.39, 0.29) is 23.3 Å². The SMILES string of the molecule is N#CC1CC2(NC(=O)COc3ccc(Cl)c(F)c3)CCC1(C(=O)O)CC2. The Morgan fingerprint density at radius 1 is 1.38 bits per heavy atom. The summed E-state index contributed by atoms with van der Waals surface area (Å²) in [7, 11) is 0. The molecule has 2 N–H and O–H groups in total. The number of hydrogen-bond acceptors (Lipinski definition) is 4. The number of carboxylic acids is 1. The molecule has 3 saturated carbocycles. The van der Waals surface area contributed by atoms with E-state index in [0.717, 1.165) is 6.07 Å². The molecule has 1 atom stereocenters. The van der Waals surface area contributed by atoms with Crippen LogP contribution in [0.15, 0.2) is 18.2 Å². The number of carbonyl (C=O) groups excluding carboxylic acids is 1. The number of ether oxygens (including phenoxy) is 1. The second-order valence-electron chi connectivity index (χ2n) is 7.04. The summed E-state index contributed by atoms with van der Waals surface area (Å²) in [4.78, 5) is 23.9. The fourth-order valence-electron chi connectivity index (χ4n) is 4.07. The van der Waals surface area contributed by atoms with Crippen LogP contribution in [0.2, 0.25) is 5.02 Å². The van der Waals surface area contributed by atoms with E-state index in [1.54, 1.807) is 0 Å². The average molecular weight is 381 g/mol. The zero-order valence-corrected chi connectivity index (χ0v) is 14.7. The molecule has 138 valence electrons. The number of hydrogen-bond donors (Lipinski definition) is 2. The van der Waals surface area contributed by atoms with Crippen molar-refractivity contribution >= 4 is 23.5 Å². The summed E-state index contributed by atoms with van der Waals surface area (Å²) in [6.07, 6.45) is 2.07.